The van der Waals surface area contributed by atoms with E-state index in [1.165, 1.54) is 33.3 Å². The van der Waals surface area contributed by atoms with E-state index in [9.17, 15) is 18.0 Å². The first-order valence-corrected chi connectivity index (χ1v) is 9.26. The van der Waals surface area contributed by atoms with Gasteiger partial charge in [0.05, 0.1) is 19.1 Å². The predicted octanol–water partition coefficient (Wildman–Crippen LogP) is 1.74. The highest BCUT2D eigenvalue weighted by atomic mass is 79.9. The third-order valence-electron chi connectivity index (χ3n) is 3.42. The van der Waals surface area contributed by atoms with Crippen molar-refractivity contribution >= 4 is 54.5 Å². The molecule has 0 aliphatic heterocycles. The third-order valence-corrected chi connectivity index (χ3v) is 5.25. The molecule has 1 aromatic heterocycles. The number of benzene rings is 1. The summed E-state index contributed by atoms with van der Waals surface area (Å²) in [5, 5.41) is 2.79. The van der Waals surface area contributed by atoms with Gasteiger partial charge >= 0.3 is 5.97 Å². The van der Waals surface area contributed by atoms with Gasteiger partial charge in [0.25, 0.3) is 5.91 Å². The number of ether oxygens (including phenoxy) is 1. The van der Waals surface area contributed by atoms with Gasteiger partial charge in [0.15, 0.2) is 0 Å². The third kappa shape index (κ3) is 3.11. The molecule has 0 atom stereocenters. The Morgan fingerprint density at radius 1 is 1.33 bits per heavy atom. The Bertz CT molecular complexity index is 934. The summed E-state index contributed by atoms with van der Waals surface area (Å²) >= 11 is 3.28. The maximum Gasteiger partial charge on any atom is 0.374 e. The van der Waals surface area contributed by atoms with Crippen molar-refractivity contribution in [3.63, 3.8) is 0 Å². The number of hydrogen-bond donors (Lipinski definition) is 1. The zero-order chi connectivity index (χ0) is 18.2. The molecule has 0 saturated carbocycles. The number of halogens is 1. The lowest BCUT2D eigenvalue weighted by Crippen LogP contribution is -2.25. The Morgan fingerprint density at radius 2 is 1.96 bits per heavy atom. The first kappa shape index (κ1) is 18.3. The summed E-state index contributed by atoms with van der Waals surface area (Å²) in [6, 6.07) is 2.95. The van der Waals surface area contributed by atoms with Crippen LogP contribution in [0.5, 0.6) is 0 Å². The van der Waals surface area contributed by atoms with Crippen LogP contribution in [0.15, 0.2) is 21.0 Å². The van der Waals surface area contributed by atoms with Gasteiger partial charge in [0, 0.05) is 30.0 Å². The summed E-state index contributed by atoms with van der Waals surface area (Å²) in [5.41, 5.74) is 0.509. The molecular weight excluding hydrogens is 404 g/mol. The van der Waals surface area contributed by atoms with Crippen molar-refractivity contribution in [2.24, 2.45) is 0 Å². The van der Waals surface area contributed by atoms with E-state index in [4.69, 9.17) is 4.42 Å². The van der Waals surface area contributed by atoms with E-state index in [2.05, 4.69) is 26.0 Å². The minimum absolute atomic E-state index is 0.0219. The highest BCUT2D eigenvalue weighted by Gasteiger charge is 2.27. The minimum Gasteiger partial charge on any atom is -0.463 e. The number of amides is 1. The van der Waals surface area contributed by atoms with E-state index in [0.717, 1.165) is 10.6 Å². The molecule has 0 aliphatic carbocycles. The van der Waals surface area contributed by atoms with Gasteiger partial charge in [-0.25, -0.2) is 13.2 Å². The molecule has 0 unspecified atom stereocenters. The van der Waals surface area contributed by atoms with Crippen LogP contribution in [0.1, 0.15) is 20.9 Å². The largest absolute Gasteiger partial charge is 0.463 e. The van der Waals surface area contributed by atoms with Gasteiger partial charge < -0.3 is 14.5 Å². The summed E-state index contributed by atoms with van der Waals surface area (Å²) in [6.45, 7) is 0. The lowest BCUT2D eigenvalue weighted by atomic mass is 10.1. The number of carbonyl (C=O) groups excluding carboxylic acids is 2. The normalized spacial score (nSPS) is 11.4. The maximum atomic E-state index is 12.1. The standard InChI is InChI=1S/C14H15BrN2O6S/c1-16-13(18)11-7-5-8(15)9(17(2)24(4,20)21)6-10(7)23-12(11)14(19)22-3/h5-6H,1-4H3,(H,16,18). The molecule has 0 radical (unpaired) electrons. The van der Waals surface area contributed by atoms with Crippen molar-refractivity contribution in [3.8, 4) is 0 Å². The molecule has 0 aliphatic rings. The number of anilines is 1. The van der Waals surface area contributed by atoms with Crippen molar-refractivity contribution < 1.29 is 27.2 Å². The van der Waals surface area contributed by atoms with Gasteiger partial charge in [-0.2, -0.15) is 0 Å². The first-order chi connectivity index (χ1) is 11.1. The molecular formula is C14H15BrN2O6S. The van der Waals surface area contributed by atoms with Gasteiger partial charge in [-0.3, -0.25) is 9.10 Å². The zero-order valence-electron chi connectivity index (χ0n) is 13.3. The van der Waals surface area contributed by atoms with Crippen LogP contribution in [-0.2, 0) is 14.8 Å². The molecule has 1 amide bonds. The number of carbonyl (C=O) groups is 2. The molecule has 10 heteroatoms. The molecule has 1 aromatic carbocycles. The SMILES string of the molecule is CNC(=O)c1c(C(=O)OC)oc2cc(N(C)S(C)(=O)=O)c(Br)cc12. The Kier molecular flexibility index (Phi) is 4.90. The van der Waals surface area contributed by atoms with Gasteiger partial charge in [-0.1, -0.05) is 0 Å². The average molecular weight is 419 g/mol. The van der Waals surface area contributed by atoms with Crippen molar-refractivity contribution in [2.75, 3.05) is 31.8 Å². The van der Waals surface area contributed by atoms with Crippen LogP contribution >= 0.6 is 15.9 Å². The van der Waals surface area contributed by atoms with Crippen LogP contribution in [-0.4, -0.2) is 47.8 Å². The topological polar surface area (TPSA) is 106 Å². The van der Waals surface area contributed by atoms with Crippen LogP contribution in [0.25, 0.3) is 11.0 Å². The minimum atomic E-state index is -3.50. The number of rotatable bonds is 4. The molecule has 0 fully saturated rings. The van der Waals surface area contributed by atoms with Crippen LogP contribution < -0.4 is 9.62 Å². The van der Waals surface area contributed by atoms with Crippen molar-refractivity contribution in [3.05, 3.63) is 27.9 Å². The summed E-state index contributed by atoms with van der Waals surface area (Å²) in [7, 11) is 0.467. The summed E-state index contributed by atoms with van der Waals surface area (Å²) in [4.78, 5) is 24.0. The van der Waals surface area contributed by atoms with Crippen molar-refractivity contribution in [1.29, 1.82) is 0 Å². The zero-order valence-corrected chi connectivity index (χ0v) is 15.7. The molecule has 2 rings (SSSR count). The fraction of sp³-hybridized carbons (Fsp3) is 0.286. The fourth-order valence-corrected chi connectivity index (χ4v) is 3.35. The Hall–Kier alpha value is -2.07. The van der Waals surface area contributed by atoms with E-state index in [1.807, 2.05) is 0 Å². The molecule has 130 valence electrons. The quantitative estimate of drug-likeness (QED) is 0.757. The summed E-state index contributed by atoms with van der Waals surface area (Å²) < 4.78 is 35.0. The van der Waals surface area contributed by atoms with E-state index in [1.54, 1.807) is 0 Å². The van der Waals surface area contributed by atoms with Gasteiger partial charge in [-0.15, -0.1) is 0 Å². The van der Waals surface area contributed by atoms with Crippen LogP contribution in [0.3, 0.4) is 0 Å². The Balaban J connectivity index is 2.80. The second kappa shape index (κ2) is 6.44. The molecule has 2 aromatic rings. The Labute approximate surface area is 146 Å². The number of furan rings is 1. The monoisotopic (exact) mass is 418 g/mol. The summed E-state index contributed by atoms with van der Waals surface area (Å²) in [5.74, 6) is -1.58. The first-order valence-electron chi connectivity index (χ1n) is 6.62. The molecule has 1 N–H and O–H groups in total. The average Bonchev–Trinajstić information content (AvgIpc) is 2.89. The number of fused-ring (bicyclic) bond motifs is 1. The maximum absolute atomic E-state index is 12.1. The second-order valence-corrected chi connectivity index (χ2v) is 7.78. The molecule has 24 heavy (non-hydrogen) atoms. The van der Waals surface area contributed by atoms with E-state index in [-0.39, 0.29) is 16.9 Å². The van der Waals surface area contributed by atoms with Crippen molar-refractivity contribution in [1.82, 2.24) is 5.32 Å². The number of nitrogens with one attached hydrogen (secondary N) is 1. The second-order valence-electron chi connectivity index (χ2n) is 4.91. The van der Waals surface area contributed by atoms with Crippen LogP contribution in [0.2, 0.25) is 0 Å². The lowest BCUT2D eigenvalue weighted by Gasteiger charge is -2.18. The van der Waals surface area contributed by atoms with Crippen LogP contribution in [0.4, 0.5) is 5.69 Å². The number of hydrogen-bond acceptors (Lipinski definition) is 6. The highest BCUT2D eigenvalue weighted by molar-refractivity contribution is 9.10. The van der Waals surface area contributed by atoms with E-state index < -0.39 is 21.9 Å². The summed E-state index contributed by atoms with van der Waals surface area (Å²) in [6.07, 6.45) is 1.06. The highest BCUT2D eigenvalue weighted by Crippen LogP contribution is 2.36. The number of esters is 1. The number of methoxy groups -OCH3 is 1. The number of sulfonamides is 1. The van der Waals surface area contributed by atoms with Crippen LogP contribution in [0, 0.1) is 0 Å². The number of nitrogens with zero attached hydrogens (tertiary/aromatic N) is 1. The van der Waals surface area contributed by atoms with Gasteiger partial charge in [0.1, 0.15) is 11.1 Å². The Morgan fingerprint density at radius 3 is 2.46 bits per heavy atom. The fourth-order valence-electron chi connectivity index (χ4n) is 2.11. The molecule has 1 heterocycles. The molecule has 0 bridgehead atoms. The van der Waals surface area contributed by atoms with Crippen molar-refractivity contribution in [2.45, 2.75) is 0 Å². The molecule has 8 nitrogen and oxygen atoms in total. The lowest BCUT2D eigenvalue weighted by molar-refractivity contribution is 0.0563. The van der Waals surface area contributed by atoms with E-state index in [0.29, 0.717) is 15.5 Å². The smallest absolute Gasteiger partial charge is 0.374 e. The van der Waals surface area contributed by atoms with Gasteiger partial charge in [0.2, 0.25) is 15.8 Å². The molecule has 0 saturated heterocycles. The van der Waals surface area contributed by atoms with Gasteiger partial charge in [-0.05, 0) is 22.0 Å². The molecule has 0 spiro atoms. The predicted molar refractivity (Wildman–Crippen MR) is 91.9 cm³/mol. The van der Waals surface area contributed by atoms with E-state index >= 15 is 0 Å².